The highest BCUT2D eigenvalue weighted by molar-refractivity contribution is 5.81. The van der Waals surface area contributed by atoms with Crippen LogP contribution in [0.5, 0.6) is 0 Å². The van der Waals surface area contributed by atoms with Crippen molar-refractivity contribution in [2.45, 2.75) is 25.9 Å². The number of hydrogen-bond acceptors (Lipinski definition) is 2. The fraction of sp³-hybridized carbons (Fsp3) is 0.357. The van der Waals surface area contributed by atoms with Crippen LogP contribution in [0.4, 0.5) is 0 Å². The number of aryl methyl sites for hydroxylation is 1. The summed E-state index contributed by atoms with van der Waals surface area (Å²) >= 11 is 0. The molecule has 3 heteroatoms. The highest BCUT2D eigenvalue weighted by Gasteiger charge is 2.08. The molecule has 17 heavy (non-hydrogen) atoms. The molecule has 0 aliphatic carbocycles. The molecule has 1 aromatic heterocycles. The number of para-hydroxylation sites is 1. The second-order valence-electron chi connectivity index (χ2n) is 4.15. The molecule has 1 aromatic carbocycles. The zero-order valence-corrected chi connectivity index (χ0v) is 10.3. The van der Waals surface area contributed by atoms with Crippen molar-refractivity contribution in [1.29, 1.82) is 0 Å². The zero-order valence-electron chi connectivity index (χ0n) is 10.3. The summed E-state index contributed by atoms with van der Waals surface area (Å²) in [6, 6.07) is 8.41. The van der Waals surface area contributed by atoms with E-state index in [1.807, 2.05) is 13.1 Å². The van der Waals surface area contributed by atoms with Gasteiger partial charge in [-0.3, -0.25) is 4.68 Å². The molecular weight excluding hydrogens is 210 g/mol. The number of rotatable bonds is 6. The molecule has 2 rings (SSSR count). The minimum absolute atomic E-state index is 0.814. The van der Waals surface area contributed by atoms with E-state index in [-0.39, 0.29) is 0 Å². The highest BCUT2D eigenvalue weighted by Crippen LogP contribution is 2.18. The molecule has 0 aliphatic heterocycles. The van der Waals surface area contributed by atoms with Gasteiger partial charge in [-0.1, -0.05) is 24.3 Å². The van der Waals surface area contributed by atoms with Gasteiger partial charge in [0.05, 0.1) is 11.2 Å². The summed E-state index contributed by atoms with van der Waals surface area (Å²) in [5, 5.41) is 9.09. The second-order valence-corrected chi connectivity index (χ2v) is 4.15. The fourth-order valence-electron chi connectivity index (χ4n) is 2.05. The van der Waals surface area contributed by atoms with Crippen molar-refractivity contribution < 1.29 is 0 Å². The van der Waals surface area contributed by atoms with Crippen molar-refractivity contribution >= 4 is 10.9 Å². The quantitative estimate of drug-likeness (QED) is 0.609. The Kier molecular flexibility index (Phi) is 3.94. The molecule has 1 heterocycles. The Morgan fingerprint density at radius 3 is 3.00 bits per heavy atom. The lowest BCUT2D eigenvalue weighted by atomic mass is 10.2. The number of fused-ring (bicyclic) bond motifs is 1. The third-order valence-electron chi connectivity index (χ3n) is 2.86. The molecule has 3 nitrogen and oxygen atoms in total. The summed E-state index contributed by atoms with van der Waals surface area (Å²) in [6.07, 6.45) is 4.09. The monoisotopic (exact) mass is 229 g/mol. The van der Waals surface area contributed by atoms with Crippen LogP contribution in [0.25, 0.3) is 10.9 Å². The number of unbranched alkanes of at least 4 members (excludes halogenated alkanes) is 1. The van der Waals surface area contributed by atoms with Gasteiger partial charge in [0.15, 0.2) is 0 Å². The van der Waals surface area contributed by atoms with E-state index in [2.05, 4.69) is 45.9 Å². The van der Waals surface area contributed by atoms with Gasteiger partial charge in [-0.25, -0.2) is 0 Å². The van der Waals surface area contributed by atoms with Crippen molar-refractivity contribution in [3.05, 3.63) is 42.6 Å². The van der Waals surface area contributed by atoms with Gasteiger partial charge >= 0.3 is 0 Å². The molecule has 0 saturated heterocycles. The first-order valence-electron chi connectivity index (χ1n) is 6.06. The third kappa shape index (κ3) is 2.56. The van der Waals surface area contributed by atoms with Crippen molar-refractivity contribution in [2.24, 2.45) is 0 Å². The van der Waals surface area contributed by atoms with E-state index in [0.29, 0.717) is 0 Å². The van der Waals surface area contributed by atoms with Crippen molar-refractivity contribution in [1.82, 2.24) is 15.1 Å². The van der Waals surface area contributed by atoms with Crippen LogP contribution in [0, 0.1) is 0 Å². The minimum atomic E-state index is 0.814. The predicted molar refractivity (Wildman–Crippen MR) is 71.9 cm³/mol. The molecule has 0 unspecified atom stereocenters. The average molecular weight is 229 g/mol. The lowest BCUT2D eigenvalue weighted by Gasteiger charge is -2.01. The average Bonchev–Trinajstić information content (AvgIpc) is 2.70. The molecule has 0 saturated carbocycles. The lowest BCUT2D eigenvalue weighted by molar-refractivity contribution is 0.589. The molecule has 0 spiro atoms. The molecule has 1 N–H and O–H groups in total. The summed E-state index contributed by atoms with van der Waals surface area (Å²) in [5.41, 5.74) is 2.35. The number of allylic oxidation sites excluding steroid dienone is 1. The standard InChI is InChI=1S/C14H19N3/c1-3-4-7-10-17-14-9-6-5-8-12(14)13(16-17)11-15-2/h3,5-6,8-9,15H,1,4,7,10-11H2,2H3. The van der Waals surface area contributed by atoms with Crippen molar-refractivity contribution in [3.8, 4) is 0 Å². The van der Waals surface area contributed by atoms with Crippen LogP contribution in [0.15, 0.2) is 36.9 Å². The van der Waals surface area contributed by atoms with Gasteiger partial charge in [0, 0.05) is 18.5 Å². The summed E-state index contributed by atoms with van der Waals surface area (Å²) in [5.74, 6) is 0. The minimum Gasteiger partial charge on any atom is -0.314 e. The normalized spacial score (nSPS) is 10.9. The molecule has 0 atom stereocenters. The largest absolute Gasteiger partial charge is 0.314 e. The first-order valence-corrected chi connectivity index (χ1v) is 6.06. The summed E-state index contributed by atoms with van der Waals surface area (Å²) in [6.45, 7) is 5.52. The van der Waals surface area contributed by atoms with Crippen LogP contribution in [0.3, 0.4) is 0 Å². The molecular formula is C14H19N3. The first kappa shape index (κ1) is 11.9. The topological polar surface area (TPSA) is 29.9 Å². The SMILES string of the molecule is C=CCCCn1nc(CNC)c2ccccc21. The maximum Gasteiger partial charge on any atom is 0.0841 e. The summed E-state index contributed by atoms with van der Waals surface area (Å²) in [4.78, 5) is 0. The van der Waals surface area contributed by atoms with E-state index in [0.717, 1.165) is 31.6 Å². The molecule has 90 valence electrons. The Labute approximate surface area is 102 Å². The van der Waals surface area contributed by atoms with E-state index < -0.39 is 0 Å². The Bertz CT molecular complexity index is 499. The van der Waals surface area contributed by atoms with E-state index in [4.69, 9.17) is 0 Å². The zero-order chi connectivity index (χ0) is 12.1. The lowest BCUT2D eigenvalue weighted by Crippen LogP contribution is -2.07. The van der Waals surface area contributed by atoms with Gasteiger partial charge in [-0.2, -0.15) is 5.10 Å². The van der Waals surface area contributed by atoms with Gasteiger partial charge in [0.1, 0.15) is 0 Å². The number of hydrogen-bond donors (Lipinski definition) is 1. The van der Waals surface area contributed by atoms with Gasteiger partial charge in [-0.05, 0) is 26.0 Å². The van der Waals surface area contributed by atoms with Gasteiger partial charge in [0.2, 0.25) is 0 Å². The Hall–Kier alpha value is -1.61. The molecule has 0 aliphatic rings. The van der Waals surface area contributed by atoms with E-state index in [1.165, 1.54) is 10.9 Å². The molecule has 0 bridgehead atoms. The Balaban J connectivity index is 2.31. The molecule has 0 radical (unpaired) electrons. The molecule has 0 fully saturated rings. The Morgan fingerprint density at radius 2 is 2.24 bits per heavy atom. The molecule has 0 amide bonds. The van der Waals surface area contributed by atoms with Crippen LogP contribution in [-0.4, -0.2) is 16.8 Å². The molecule has 2 aromatic rings. The van der Waals surface area contributed by atoms with Crippen LogP contribution < -0.4 is 5.32 Å². The number of benzene rings is 1. The third-order valence-corrected chi connectivity index (χ3v) is 2.86. The van der Waals surface area contributed by atoms with Crippen LogP contribution >= 0.6 is 0 Å². The predicted octanol–water partition coefficient (Wildman–Crippen LogP) is 2.72. The van der Waals surface area contributed by atoms with Crippen LogP contribution in [0.2, 0.25) is 0 Å². The van der Waals surface area contributed by atoms with Gasteiger partial charge < -0.3 is 5.32 Å². The highest BCUT2D eigenvalue weighted by atomic mass is 15.3. The maximum absolute atomic E-state index is 4.67. The fourth-order valence-corrected chi connectivity index (χ4v) is 2.05. The number of nitrogens with one attached hydrogen (secondary N) is 1. The summed E-state index contributed by atoms with van der Waals surface area (Å²) in [7, 11) is 1.95. The maximum atomic E-state index is 4.67. The van der Waals surface area contributed by atoms with Crippen LogP contribution in [0.1, 0.15) is 18.5 Å². The van der Waals surface area contributed by atoms with Crippen molar-refractivity contribution in [2.75, 3.05) is 7.05 Å². The van der Waals surface area contributed by atoms with Gasteiger partial charge in [0.25, 0.3) is 0 Å². The Morgan fingerprint density at radius 1 is 1.41 bits per heavy atom. The smallest absolute Gasteiger partial charge is 0.0841 e. The first-order chi connectivity index (χ1) is 8.36. The van der Waals surface area contributed by atoms with E-state index >= 15 is 0 Å². The van der Waals surface area contributed by atoms with Gasteiger partial charge in [-0.15, -0.1) is 6.58 Å². The van der Waals surface area contributed by atoms with E-state index in [1.54, 1.807) is 0 Å². The van der Waals surface area contributed by atoms with Crippen LogP contribution in [-0.2, 0) is 13.1 Å². The number of aromatic nitrogens is 2. The summed E-state index contributed by atoms with van der Waals surface area (Å²) < 4.78 is 2.10. The van der Waals surface area contributed by atoms with E-state index in [9.17, 15) is 0 Å². The second kappa shape index (κ2) is 5.64. The number of nitrogens with zero attached hydrogens (tertiary/aromatic N) is 2. The van der Waals surface area contributed by atoms with Crippen molar-refractivity contribution in [3.63, 3.8) is 0 Å².